The van der Waals surface area contributed by atoms with Crippen LogP contribution in [0, 0.1) is 5.92 Å². The van der Waals surface area contributed by atoms with Gasteiger partial charge in [-0.05, 0) is 41.5 Å². The molecular formula is C15H17ClF3N5OS. The Morgan fingerprint density at radius 1 is 1.35 bits per heavy atom. The summed E-state index contributed by atoms with van der Waals surface area (Å²) < 4.78 is 40.3. The van der Waals surface area contributed by atoms with Crippen molar-refractivity contribution in [1.29, 1.82) is 0 Å². The Kier molecular flexibility index (Phi) is 6.51. The van der Waals surface area contributed by atoms with Gasteiger partial charge in [0.15, 0.2) is 0 Å². The molecule has 0 bridgehead atoms. The maximum absolute atomic E-state index is 12.9. The number of carbonyl (C=O) groups is 1. The minimum Gasteiger partial charge on any atom is -0.325 e. The normalized spacial score (nSPS) is 13.1. The van der Waals surface area contributed by atoms with Crippen LogP contribution in [0.15, 0.2) is 23.4 Å². The minimum atomic E-state index is -4.60. The number of aromatic nitrogens is 4. The van der Waals surface area contributed by atoms with Crippen LogP contribution in [-0.2, 0) is 17.5 Å². The number of nitrogens with zero attached hydrogens (tertiary/aromatic N) is 4. The first kappa shape index (κ1) is 20.5. The van der Waals surface area contributed by atoms with Crippen LogP contribution in [0.5, 0.6) is 0 Å². The van der Waals surface area contributed by atoms with Crippen LogP contribution in [-0.4, -0.2) is 31.4 Å². The Balaban J connectivity index is 2.07. The summed E-state index contributed by atoms with van der Waals surface area (Å²) in [5.74, 6) is -0.151. The van der Waals surface area contributed by atoms with Gasteiger partial charge < -0.3 is 5.32 Å². The molecule has 1 amide bonds. The summed E-state index contributed by atoms with van der Waals surface area (Å²) in [6, 6.07) is 3.22. The zero-order valence-electron chi connectivity index (χ0n) is 14.2. The highest BCUT2D eigenvalue weighted by molar-refractivity contribution is 8.00. The van der Waals surface area contributed by atoms with Crippen molar-refractivity contribution in [2.45, 2.75) is 43.9 Å². The molecule has 6 nitrogen and oxygen atoms in total. The molecule has 0 aliphatic heterocycles. The van der Waals surface area contributed by atoms with Crippen molar-refractivity contribution in [1.82, 2.24) is 20.2 Å². The largest absolute Gasteiger partial charge is 0.417 e. The Labute approximate surface area is 157 Å². The Morgan fingerprint density at radius 2 is 2.04 bits per heavy atom. The molecular weight excluding hydrogens is 391 g/mol. The number of anilines is 1. The third-order valence-electron chi connectivity index (χ3n) is 3.23. The molecule has 0 aliphatic carbocycles. The SMILES string of the molecule is CC(C)Cn1nnnc1SC(C)C(=O)Nc1ccc(Cl)c(C(F)(F)F)c1. The number of halogens is 4. The number of nitrogens with one attached hydrogen (secondary N) is 1. The Hall–Kier alpha value is -1.81. The predicted molar refractivity (Wildman–Crippen MR) is 93.1 cm³/mol. The molecule has 0 radical (unpaired) electrons. The molecule has 0 fully saturated rings. The molecule has 0 saturated heterocycles. The lowest BCUT2D eigenvalue weighted by Gasteiger charge is -2.14. The van der Waals surface area contributed by atoms with Gasteiger partial charge in [0.1, 0.15) is 0 Å². The van der Waals surface area contributed by atoms with Gasteiger partial charge in [0, 0.05) is 12.2 Å². The van der Waals surface area contributed by atoms with Gasteiger partial charge in [0.05, 0.1) is 15.8 Å². The van der Waals surface area contributed by atoms with Crippen molar-refractivity contribution in [2.24, 2.45) is 5.92 Å². The van der Waals surface area contributed by atoms with E-state index in [1.807, 2.05) is 13.8 Å². The second-order valence-corrected chi connectivity index (χ2v) is 7.69. The van der Waals surface area contributed by atoms with Crippen LogP contribution < -0.4 is 5.32 Å². The van der Waals surface area contributed by atoms with E-state index in [4.69, 9.17) is 11.6 Å². The molecule has 2 aromatic rings. The lowest BCUT2D eigenvalue weighted by atomic mass is 10.2. The van der Waals surface area contributed by atoms with E-state index in [9.17, 15) is 18.0 Å². The second-order valence-electron chi connectivity index (χ2n) is 5.98. The summed E-state index contributed by atoms with van der Waals surface area (Å²) >= 11 is 6.70. The third kappa shape index (κ3) is 5.34. The molecule has 0 saturated carbocycles. The average Bonchev–Trinajstić information content (AvgIpc) is 2.94. The highest BCUT2D eigenvalue weighted by Gasteiger charge is 2.33. The summed E-state index contributed by atoms with van der Waals surface area (Å²) in [6.07, 6.45) is -4.60. The second kappa shape index (κ2) is 8.26. The highest BCUT2D eigenvalue weighted by Crippen LogP contribution is 2.36. The first-order valence-electron chi connectivity index (χ1n) is 7.68. The number of carbonyl (C=O) groups excluding carboxylic acids is 1. The highest BCUT2D eigenvalue weighted by atomic mass is 35.5. The fourth-order valence-electron chi connectivity index (χ4n) is 2.02. The van der Waals surface area contributed by atoms with Crippen LogP contribution in [0.25, 0.3) is 0 Å². The number of hydrogen-bond acceptors (Lipinski definition) is 5. The average molecular weight is 408 g/mol. The van der Waals surface area contributed by atoms with Crippen LogP contribution in [0.3, 0.4) is 0 Å². The molecule has 1 N–H and O–H groups in total. The smallest absolute Gasteiger partial charge is 0.325 e. The van der Waals surface area contributed by atoms with Gasteiger partial charge >= 0.3 is 6.18 Å². The molecule has 0 spiro atoms. The maximum Gasteiger partial charge on any atom is 0.417 e. The van der Waals surface area contributed by atoms with E-state index in [0.717, 1.165) is 23.9 Å². The maximum atomic E-state index is 12.9. The topological polar surface area (TPSA) is 72.7 Å². The molecule has 1 aromatic carbocycles. The van der Waals surface area contributed by atoms with E-state index in [1.54, 1.807) is 11.6 Å². The third-order valence-corrected chi connectivity index (χ3v) is 4.63. The molecule has 26 heavy (non-hydrogen) atoms. The molecule has 1 atom stereocenters. The quantitative estimate of drug-likeness (QED) is 0.729. The Morgan fingerprint density at radius 3 is 2.65 bits per heavy atom. The van der Waals surface area contributed by atoms with Gasteiger partial charge in [-0.2, -0.15) is 13.2 Å². The molecule has 0 aliphatic rings. The monoisotopic (exact) mass is 407 g/mol. The van der Waals surface area contributed by atoms with Crippen LogP contribution >= 0.6 is 23.4 Å². The van der Waals surface area contributed by atoms with Gasteiger partial charge in [0.2, 0.25) is 11.1 Å². The zero-order chi connectivity index (χ0) is 19.5. The van der Waals surface area contributed by atoms with Gasteiger partial charge in [-0.25, -0.2) is 4.68 Å². The van der Waals surface area contributed by atoms with Crippen molar-refractivity contribution in [3.8, 4) is 0 Å². The summed E-state index contributed by atoms with van der Waals surface area (Å²) in [5, 5.41) is 13.2. The molecule has 2 rings (SSSR count). The summed E-state index contributed by atoms with van der Waals surface area (Å²) in [7, 11) is 0. The van der Waals surface area contributed by atoms with E-state index < -0.39 is 27.9 Å². The molecule has 1 aromatic heterocycles. The summed E-state index contributed by atoms with van der Waals surface area (Å²) in [4.78, 5) is 12.3. The number of tetrazole rings is 1. The van der Waals surface area contributed by atoms with Crippen molar-refractivity contribution in [3.05, 3.63) is 28.8 Å². The van der Waals surface area contributed by atoms with Gasteiger partial charge in [-0.1, -0.05) is 37.2 Å². The minimum absolute atomic E-state index is 0.0148. The number of benzene rings is 1. The lowest BCUT2D eigenvalue weighted by Crippen LogP contribution is -2.23. The Bertz CT molecular complexity index is 781. The lowest BCUT2D eigenvalue weighted by molar-refractivity contribution is -0.137. The van der Waals surface area contributed by atoms with Crippen molar-refractivity contribution in [2.75, 3.05) is 5.32 Å². The van der Waals surface area contributed by atoms with E-state index in [0.29, 0.717) is 17.6 Å². The van der Waals surface area contributed by atoms with E-state index in [2.05, 4.69) is 20.8 Å². The molecule has 142 valence electrons. The van der Waals surface area contributed by atoms with Crippen LogP contribution in [0.2, 0.25) is 5.02 Å². The van der Waals surface area contributed by atoms with Crippen molar-refractivity contribution < 1.29 is 18.0 Å². The summed E-state index contributed by atoms with van der Waals surface area (Å²) in [5.41, 5.74) is -0.987. The van der Waals surface area contributed by atoms with Crippen LogP contribution in [0.1, 0.15) is 26.3 Å². The van der Waals surface area contributed by atoms with E-state index in [1.165, 1.54) is 6.07 Å². The molecule has 1 heterocycles. The standard InChI is InChI=1S/C15H17ClF3N5OS/c1-8(2)7-24-14(21-22-23-24)26-9(3)13(25)20-10-4-5-12(16)11(6-10)15(17,18)19/h4-6,8-9H,7H2,1-3H3,(H,20,25). The number of alkyl halides is 3. The van der Waals surface area contributed by atoms with Gasteiger partial charge in [-0.15, -0.1) is 5.10 Å². The fourth-order valence-corrected chi connectivity index (χ4v) is 3.04. The predicted octanol–water partition coefficient (Wildman–Crippen LogP) is 4.12. The van der Waals surface area contributed by atoms with E-state index >= 15 is 0 Å². The fraction of sp³-hybridized carbons (Fsp3) is 0.467. The van der Waals surface area contributed by atoms with Crippen molar-refractivity contribution in [3.63, 3.8) is 0 Å². The zero-order valence-corrected chi connectivity index (χ0v) is 15.8. The number of hydrogen-bond donors (Lipinski definition) is 1. The molecule has 11 heteroatoms. The number of rotatable bonds is 6. The van der Waals surface area contributed by atoms with Crippen LogP contribution in [0.4, 0.5) is 18.9 Å². The van der Waals surface area contributed by atoms with Gasteiger partial charge in [-0.3, -0.25) is 4.79 Å². The van der Waals surface area contributed by atoms with E-state index in [-0.39, 0.29) is 5.69 Å². The molecule has 1 unspecified atom stereocenters. The first-order valence-corrected chi connectivity index (χ1v) is 8.94. The van der Waals surface area contributed by atoms with Gasteiger partial charge in [0.25, 0.3) is 0 Å². The number of thioether (sulfide) groups is 1. The van der Waals surface area contributed by atoms with Crippen molar-refractivity contribution >= 4 is 35.0 Å². The first-order chi connectivity index (χ1) is 12.1. The number of amides is 1. The summed E-state index contributed by atoms with van der Waals surface area (Å²) in [6.45, 7) is 6.22.